The van der Waals surface area contributed by atoms with Gasteiger partial charge < -0.3 is 19.3 Å². The van der Waals surface area contributed by atoms with Gasteiger partial charge in [-0.3, -0.25) is 4.79 Å². The van der Waals surface area contributed by atoms with Crippen LogP contribution in [0.3, 0.4) is 0 Å². The van der Waals surface area contributed by atoms with Crippen LogP contribution in [0.1, 0.15) is 27.6 Å². The predicted octanol–water partition coefficient (Wildman–Crippen LogP) is 4.42. The number of halogens is 1. The van der Waals surface area contributed by atoms with Crippen molar-refractivity contribution in [3.05, 3.63) is 63.7 Å². The van der Waals surface area contributed by atoms with Crippen LogP contribution in [-0.2, 0) is 12.2 Å². The number of aryl methyl sites for hydroxylation is 1. The first kappa shape index (κ1) is 22.2. The van der Waals surface area contributed by atoms with E-state index < -0.39 is 0 Å². The Morgan fingerprint density at radius 1 is 1.20 bits per heavy atom. The second-order valence-electron chi connectivity index (χ2n) is 6.32. The zero-order chi connectivity index (χ0) is 21.5. The Bertz CT molecular complexity index is 1030. The third-order valence-corrected chi connectivity index (χ3v) is 6.08. The number of hydrogen-bond donors (Lipinski definition) is 1. The van der Waals surface area contributed by atoms with Gasteiger partial charge in [0.15, 0.2) is 17.3 Å². The SMILES string of the molecule is COc1cc(Br)c(CCNC(=O)c2ccccc2SCc2nc(C)no2)cc1OC. The van der Waals surface area contributed by atoms with Gasteiger partial charge in [-0.25, -0.2) is 0 Å². The molecule has 1 heterocycles. The van der Waals surface area contributed by atoms with E-state index in [9.17, 15) is 4.79 Å². The lowest BCUT2D eigenvalue weighted by molar-refractivity contribution is 0.0951. The first-order valence-electron chi connectivity index (χ1n) is 9.21. The summed E-state index contributed by atoms with van der Waals surface area (Å²) in [5.74, 6) is 2.81. The van der Waals surface area contributed by atoms with E-state index in [-0.39, 0.29) is 5.91 Å². The summed E-state index contributed by atoms with van der Waals surface area (Å²) in [5.41, 5.74) is 1.63. The molecule has 1 aromatic heterocycles. The molecule has 3 rings (SSSR count). The zero-order valence-corrected chi connectivity index (χ0v) is 19.3. The molecule has 0 bridgehead atoms. The number of aromatic nitrogens is 2. The topological polar surface area (TPSA) is 86.5 Å². The number of carbonyl (C=O) groups excluding carboxylic acids is 1. The Balaban J connectivity index is 1.61. The van der Waals surface area contributed by atoms with E-state index in [1.165, 1.54) is 11.8 Å². The number of amides is 1. The third-order valence-electron chi connectivity index (χ3n) is 4.28. The van der Waals surface area contributed by atoms with Gasteiger partial charge in [0, 0.05) is 15.9 Å². The van der Waals surface area contributed by atoms with Crippen LogP contribution in [0.5, 0.6) is 11.5 Å². The van der Waals surface area contributed by atoms with Crippen molar-refractivity contribution in [2.45, 2.75) is 24.0 Å². The van der Waals surface area contributed by atoms with Crippen molar-refractivity contribution < 1.29 is 18.8 Å². The van der Waals surface area contributed by atoms with Crippen molar-refractivity contribution >= 4 is 33.6 Å². The van der Waals surface area contributed by atoms with Crippen LogP contribution in [-0.4, -0.2) is 36.8 Å². The van der Waals surface area contributed by atoms with Crippen molar-refractivity contribution in [3.63, 3.8) is 0 Å². The molecule has 158 valence electrons. The normalized spacial score (nSPS) is 10.7. The third kappa shape index (κ3) is 5.54. The second-order valence-corrected chi connectivity index (χ2v) is 8.20. The summed E-state index contributed by atoms with van der Waals surface area (Å²) in [6.07, 6.45) is 0.642. The smallest absolute Gasteiger partial charge is 0.252 e. The Morgan fingerprint density at radius 3 is 2.63 bits per heavy atom. The molecular weight excluding hydrogens is 470 g/mol. The van der Waals surface area contributed by atoms with Crippen LogP contribution in [0, 0.1) is 6.92 Å². The molecule has 2 aromatic carbocycles. The van der Waals surface area contributed by atoms with E-state index in [4.69, 9.17) is 14.0 Å². The van der Waals surface area contributed by atoms with E-state index in [2.05, 4.69) is 31.4 Å². The van der Waals surface area contributed by atoms with Crippen LogP contribution in [0.4, 0.5) is 0 Å². The van der Waals surface area contributed by atoms with Crippen molar-refractivity contribution in [2.24, 2.45) is 0 Å². The molecule has 3 aromatic rings. The van der Waals surface area contributed by atoms with Crippen molar-refractivity contribution in [2.75, 3.05) is 20.8 Å². The van der Waals surface area contributed by atoms with E-state index in [0.29, 0.717) is 47.5 Å². The summed E-state index contributed by atoms with van der Waals surface area (Å²) in [6, 6.07) is 11.2. The molecule has 0 saturated carbocycles. The Kier molecular flexibility index (Phi) is 7.75. The molecule has 0 radical (unpaired) electrons. The summed E-state index contributed by atoms with van der Waals surface area (Å²) in [7, 11) is 3.20. The lowest BCUT2D eigenvalue weighted by Gasteiger charge is -2.13. The fraction of sp³-hybridized carbons (Fsp3) is 0.286. The van der Waals surface area contributed by atoms with Gasteiger partial charge >= 0.3 is 0 Å². The number of thioether (sulfide) groups is 1. The molecule has 0 atom stereocenters. The molecule has 0 aliphatic rings. The maximum atomic E-state index is 12.7. The number of rotatable bonds is 9. The van der Waals surface area contributed by atoms with Crippen LogP contribution in [0.2, 0.25) is 0 Å². The van der Waals surface area contributed by atoms with Gasteiger partial charge in [-0.15, -0.1) is 11.8 Å². The van der Waals surface area contributed by atoms with Crippen LogP contribution in [0.15, 0.2) is 50.3 Å². The predicted molar refractivity (Wildman–Crippen MR) is 118 cm³/mol. The minimum atomic E-state index is -0.128. The highest BCUT2D eigenvalue weighted by Gasteiger charge is 2.14. The molecule has 0 unspecified atom stereocenters. The molecule has 0 aliphatic carbocycles. The van der Waals surface area contributed by atoms with Gasteiger partial charge in [0.05, 0.1) is 25.5 Å². The number of nitrogens with one attached hydrogen (secondary N) is 1. The van der Waals surface area contributed by atoms with E-state index in [1.807, 2.05) is 36.4 Å². The van der Waals surface area contributed by atoms with Gasteiger partial charge in [-0.1, -0.05) is 33.2 Å². The fourth-order valence-corrected chi connectivity index (χ4v) is 4.22. The molecule has 1 amide bonds. The standard InChI is InChI=1S/C21H22BrN3O4S/c1-13-24-20(29-25-13)12-30-19-7-5-4-6-15(19)21(26)23-9-8-14-10-17(27-2)18(28-3)11-16(14)22/h4-7,10-11H,8-9,12H2,1-3H3,(H,23,26). The lowest BCUT2D eigenvalue weighted by atomic mass is 10.1. The number of ether oxygens (including phenoxy) is 2. The summed E-state index contributed by atoms with van der Waals surface area (Å²) >= 11 is 5.04. The van der Waals surface area contributed by atoms with Gasteiger partial charge in [0.2, 0.25) is 5.89 Å². The molecule has 7 nitrogen and oxygen atoms in total. The maximum Gasteiger partial charge on any atom is 0.252 e. The number of methoxy groups -OCH3 is 2. The summed E-state index contributed by atoms with van der Waals surface area (Å²) in [6.45, 7) is 2.25. The lowest BCUT2D eigenvalue weighted by Crippen LogP contribution is -2.26. The minimum Gasteiger partial charge on any atom is -0.493 e. The van der Waals surface area contributed by atoms with Gasteiger partial charge in [0.25, 0.3) is 5.91 Å². The van der Waals surface area contributed by atoms with E-state index in [0.717, 1.165) is 14.9 Å². The molecule has 0 spiro atoms. The van der Waals surface area contributed by atoms with Crippen LogP contribution < -0.4 is 14.8 Å². The monoisotopic (exact) mass is 491 g/mol. The maximum absolute atomic E-state index is 12.7. The van der Waals surface area contributed by atoms with Gasteiger partial charge in [-0.2, -0.15) is 4.98 Å². The quantitative estimate of drug-likeness (QED) is 0.443. The molecule has 30 heavy (non-hydrogen) atoms. The van der Waals surface area contributed by atoms with Crippen LogP contribution in [0.25, 0.3) is 0 Å². The first-order chi connectivity index (χ1) is 14.5. The Morgan fingerprint density at radius 2 is 1.93 bits per heavy atom. The first-order valence-corrected chi connectivity index (χ1v) is 11.0. The minimum absolute atomic E-state index is 0.128. The summed E-state index contributed by atoms with van der Waals surface area (Å²) in [5, 5.41) is 6.77. The highest BCUT2D eigenvalue weighted by Crippen LogP contribution is 2.33. The number of carbonyl (C=O) groups is 1. The van der Waals surface area contributed by atoms with Crippen molar-refractivity contribution in [1.82, 2.24) is 15.5 Å². The fourth-order valence-electron chi connectivity index (χ4n) is 2.81. The summed E-state index contributed by atoms with van der Waals surface area (Å²) in [4.78, 5) is 17.8. The number of hydrogen-bond acceptors (Lipinski definition) is 7. The molecular formula is C21H22BrN3O4S. The van der Waals surface area contributed by atoms with E-state index >= 15 is 0 Å². The Hall–Kier alpha value is -2.52. The molecule has 0 fully saturated rings. The summed E-state index contributed by atoms with van der Waals surface area (Å²) < 4.78 is 16.7. The Labute approximate surface area is 187 Å². The number of benzene rings is 2. The average Bonchev–Trinajstić information content (AvgIpc) is 3.18. The molecule has 0 saturated heterocycles. The number of nitrogens with zero attached hydrogens (tertiary/aromatic N) is 2. The van der Waals surface area contributed by atoms with Crippen LogP contribution >= 0.6 is 27.7 Å². The van der Waals surface area contributed by atoms with Crippen molar-refractivity contribution in [1.29, 1.82) is 0 Å². The van der Waals surface area contributed by atoms with Crippen molar-refractivity contribution in [3.8, 4) is 11.5 Å². The molecule has 9 heteroatoms. The average molecular weight is 492 g/mol. The van der Waals surface area contributed by atoms with Gasteiger partial charge in [-0.05, 0) is 43.2 Å². The zero-order valence-electron chi connectivity index (χ0n) is 16.9. The van der Waals surface area contributed by atoms with Gasteiger partial charge in [0.1, 0.15) is 0 Å². The second kappa shape index (κ2) is 10.5. The highest BCUT2D eigenvalue weighted by molar-refractivity contribution is 9.10. The molecule has 0 aliphatic heterocycles. The highest BCUT2D eigenvalue weighted by atomic mass is 79.9. The molecule has 1 N–H and O–H groups in total. The largest absolute Gasteiger partial charge is 0.493 e. The van der Waals surface area contributed by atoms with E-state index in [1.54, 1.807) is 21.1 Å².